The van der Waals surface area contributed by atoms with Gasteiger partial charge in [0.05, 0.1) is 12.7 Å². The van der Waals surface area contributed by atoms with E-state index in [1.54, 1.807) is 6.42 Å². The van der Waals surface area contributed by atoms with E-state index < -0.39 is 0 Å². The van der Waals surface area contributed by atoms with Crippen molar-refractivity contribution in [3.8, 4) is 0 Å². The van der Waals surface area contributed by atoms with Crippen LogP contribution in [0.5, 0.6) is 0 Å². The standard InChI is InChI=1S/C14H25NO/c1-9(7-15)16-8-14-12-3-10-2-11(5-12)6-13(14)4-10/h9-14H,2-8,15H2,1H3. The van der Waals surface area contributed by atoms with Crippen molar-refractivity contribution in [3.05, 3.63) is 0 Å². The summed E-state index contributed by atoms with van der Waals surface area (Å²) in [6.07, 6.45) is 7.78. The maximum Gasteiger partial charge on any atom is 0.0669 e. The van der Waals surface area contributed by atoms with E-state index in [-0.39, 0.29) is 6.10 Å². The van der Waals surface area contributed by atoms with Crippen LogP contribution in [0.25, 0.3) is 0 Å². The summed E-state index contributed by atoms with van der Waals surface area (Å²) in [6, 6.07) is 0. The third-order valence-corrected chi connectivity index (χ3v) is 5.33. The topological polar surface area (TPSA) is 35.2 Å². The van der Waals surface area contributed by atoms with Gasteiger partial charge in [-0.25, -0.2) is 0 Å². The molecule has 0 saturated heterocycles. The highest BCUT2D eigenvalue weighted by Gasteiger charge is 2.48. The van der Waals surface area contributed by atoms with Crippen LogP contribution in [0.2, 0.25) is 0 Å². The van der Waals surface area contributed by atoms with Gasteiger partial charge >= 0.3 is 0 Å². The Balaban J connectivity index is 1.59. The molecule has 4 aliphatic carbocycles. The molecular weight excluding hydrogens is 198 g/mol. The SMILES string of the molecule is CC(CN)OCC1C2CC3CC(C2)CC1C3. The van der Waals surface area contributed by atoms with Gasteiger partial charge in [-0.05, 0) is 68.6 Å². The molecule has 4 rings (SSSR count). The van der Waals surface area contributed by atoms with E-state index >= 15 is 0 Å². The van der Waals surface area contributed by atoms with Crippen molar-refractivity contribution in [1.82, 2.24) is 0 Å². The second-order valence-electron chi connectivity index (χ2n) is 6.47. The Hall–Kier alpha value is -0.0800. The van der Waals surface area contributed by atoms with Gasteiger partial charge in [0.1, 0.15) is 0 Å². The summed E-state index contributed by atoms with van der Waals surface area (Å²) in [5.41, 5.74) is 5.61. The molecule has 0 spiro atoms. The zero-order chi connectivity index (χ0) is 11.1. The summed E-state index contributed by atoms with van der Waals surface area (Å²) in [7, 11) is 0. The summed E-state index contributed by atoms with van der Waals surface area (Å²) >= 11 is 0. The highest BCUT2D eigenvalue weighted by Crippen LogP contribution is 2.56. The quantitative estimate of drug-likeness (QED) is 0.794. The van der Waals surface area contributed by atoms with Gasteiger partial charge in [-0.2, -0.15) is 0 Å². The summed E-state index contributed by atoms with van der Waals surface area (Å²) in [5, 5.41) is 0. The Morgan fingerprint density at radius 2 is 1.62 bits per heavy atom. The maximum absolute atomic E-state index is 5.89. The minimum absolute atomic E-state index is 0.247. The van der Waals surface area contributed by atoms with Gasteiger partial charge in [-0.3, -0.25) is 0 Å². The van der Waals surface area contributed by atoms with Crippen molar-refractivity contribution in [2.45, 2.75) is 45.1 Å². The first kappa shape index (κ1) is 11.0. The van der Waals surface area contributed by atoms with Gasteiger partial charge in [0, 0.05) is 6.54 Å². The lowest BCUT2D eigenvalue weighted by Gasteiger charge is -2.54. The summed E-state index contributed by atoms with van der Waals surface area (Å²) in [6.45, 7) is 3.73. The molecule has 4 aliphatic rings. The monoisotopic (exact) mass is 223 g/mol. The van der Waals surface area contributed by atoms with Gasteiger partial charge in [-0.15, -0.1) is 0 Å². The second-order valence-corrected chi connectivity index (χ2v) is 6.47. The maximum atomic E-state index is 5.89. The van der Waals surface area contributed by atoms with Crippen LogP contribution in [0.4, 0.5) is 0 Å². The van der Waals surface area contributed by atoms with Gasteiger partial charge in [0.2, 0.25) is 0 Å². The van der Waals surface area contributed by atoms with E-state index in [9.17, 15) is 0 Å². The second kappa shape index (κ2) is 4.30. The smallest absolute Gasteiger partial charge is 0.0669 e. The van der Waals surface area contributed by atoms with Crippen molar-refractivity contribution in [3.63, 3.8) is 0 Å². The molecule has 0 aromatic rings. The molecular formula is C14H25NO. The highest BCUT2D eigenvalue weighted by molar-refractivity contribution is 4.97. The molecule has 0 aromatic heterocycles. The molecule has 0 radical (unpaired) electrons. The van der Waals surface area contributed by atoms with Crippen LogP contribution in [0.15, 0.2) is 0 Å². The fraction of sp³-hybridized carbons (Fsp3) is 1.00. The Kier molecular flexibility index (Phi) is 2.97. The molecule has 4 fully saturated rings. The third kappa shape index (κ3) is 1.91. The normalized spacial score (nSPS) is 47.2. The number of hydrogen-bond acceptors (Lipinski definition) is 2. The first-order chi connectivity index (χ1) is 7.76. The van der Waals surface area contributed by atoms with Crippen molar-refractivity contribution in [2.24, 2.45) is 35.3 Å². The van der Waals surface area contributed by atoms with Crippen LogP contribution < -0.4 is 5.73 Å². The van der Waals surface area contributed by atoms with Crippen molar-refractivity contribution in [2.75, 3.05) is 13.2 Å². The van der Waals surface area contributed by atoms with Crippen LogP contribution in [-0.4, -0.2) is 19.3 Å². The van der Waals surface area contributed by atoms with Gasteiger partial charge in [0.25, 0.3) is 0 Å². The number of rotatable bonds is 4. The lowest BCUT2D eigenvalue weighted by atomic mass is 9.52. The molecule has 0 aromatic carbocycles. The van der Waals surface area contributed by atoms with Gasteiger partial charge in [0.15, 0.2) is 0 Å². The zero-order valence-electron chi connectivity index (χ0n) is 10.4. The van der Waals surface area contributed by atoms with Crippen molar-refractivity contribution in [1.29, 1.82) is 0 Å². The Bertz CT molecular complexity index is 225. The van der Waals surface area contributed by atoms with E-state index in [2.05, 4.69) is 6.92 Å². The zero-order valence-corrected chi connectivity index (χ0v) is 10.4. The Morgan fingerprint density at radius 1 is 1.06 bits per heavy atom. The lowest BCUT2D eigenvalue weighted by Crippen LogP contribution is -2.47. The predicted octanol–water partition coefficient (Wildman–Crippen LogP) is 2.42. The fourth-order valence-corrected chi connectivity index (χ4v) is 4.65. The van der Waals surface area contributed by atoms with E-state index in [4.69, 9.17) is 10.5 Å². The summed E-state index contributed by atoms with van der Waals surface area (Å²) < 4.78 is 5.89. The van der Waals surface area contributed by atoms with E-state index in [1.165, 1.54) is 25.7 Å². The van der Waals surface area contributed by atoms with Crippen LogP contribution >= 0.6 is 0 Å². The van der Waals surface area contributed by atoms with E-state index in [1.807, 2.05) is 0 Å². The molecule has 0 heterocycles. The number of ether oxygens (including phenoxy) is 1. The molecule has 1 unspecified atom stereocenters. The third-order valence-electron chi connectivity index (χ3n) is 5.33. The number of hydrogen-bond donors (Lipinski definition) is 1. The molecule has 1 atom stereocenters. The molecule has 92 valence electrons. The van der Waals surface area contributed by atoms with Crippen LogP contribution in [0, 0.1) is 29.6 Å². The first-order valence-corrected chi connectivity index (χ1v) is 7.08. The van der Waals surface area contributed by atoms with Crippen LogP contribution in [0.3, 0.4) is 0 Å². The highest BCUT2D eigenvalue weighted by atomic mass is 16.5. The minimum atomic E-state index is 0.247. The van der Waals surface area contributed by atoms with Crippen molar-refractivity contribution < 1.29 is 4.74 Å². The molecule has 0 amide bonds. The fourth-order valence-electron chi connectivity index (χ4n) is 4.65. The van der Waals surface area contributed by atoms with E-state index in [0.717, 1.165) is 36.2 Å². The Morgan fingerprint density at radius 3 is 2.12 bits per heavy atom. The predicted molar refractivity (Wildman–Crippen MR) is 65.0 cm³/mol. The molecule has 16 heavy (non-hydrogen) atoms. The molecule has 0 aliphatic heterocycles. The molecule has 2 nitrogen and oxygen atoms in total. The van der Waals surface area contributed by atoms with Gasteiger partial charge < -0.3 is 10.5 Å². The molecule has 2 heteroatoms. The molecule has 4 saturated carbocycles. The van der Waals surface area contributed by atoms with Crippen LogP contribution in [0.1, 0.15) is 39.0 Å². The first-order valence-electron chi connectivity index (χ1n) is 7.08. The summed E-state index contributed by atoms with van der Waals surface area (Å²) in [5.74, 6) is 4.99. The molecule has 4 bridgehead atoms. The minimum Gasteiger partial charge on any atom is -0.377 e. The Labute approximate surface area is 98.9 Å². The largest absolute Gasteiger partial charge is 0.377 e. The van der Waals surface area contributed by atoms with Gasteiger partial charge in [-0.1, -0.05) is 0 Å². The van der Waals surface area contributed by atoms with E-state index in [0.29, 0.717) is 6.54 Å². The average molecular weight is 223 g/mol. The average Bonchev–Trinajstić information content (AvgIpc) is 2.26. The van der Waals surface area contributed by atoms with Crippen molar-refractivity contribution >= 4 is 0 Å². The lowest BCUT2D eigenvalue weighted by molar-refractivity contribution is -0.0821. The molecule has 2 N–H and O–H groups in total. The number of nitrogens with two attached hydrogens (primary N) is 1. The van der Waals surface area contributed by atoms with Crippen LogP contribution in [-0.2, 0) is 4.74 Å². The summed E-state index contributed by atoms with van der Waals surface area (Å²) in [4.78, 5) is 0.